The van der Waals surface area contributed by atoms with Gasteiger partial charge < -0.3 is 5.11 Å². The number of aromatic carboxylic acids is 1. The number of hydrogen-bond donors (Lipinski definition) is 2. The fourth-order valence-corrected chi connectivity index (χ4v) is 3.60. The molecule has 2 rings (SSSR count). The van der Waals surface area contributed by atoms with E-state index in [0.717, 1.165) is 0 Å². The molecule has 0 amide bonds. The van der Waals surface area contributed by atoms with Crippen LogP contribution in [0.4, 0.5) is 0 Å². The maximum absolute atomic E-state index is 12.2. The summed E-state index contributed by atoms with van der Waals surface area (Å²) in [6.07, 6.45) is 2.83. The number of carboxylic acid groups (broad SMARTS) is 1. The summed E-state index contributed by atoms with van der Waals surface area (Å²) < 4.78 is 26.9. The normalized spacial score (nSPS) is 11.3. The highest BCUT2D eigenvalue weighted by Gasteiger charge is 2.19. The Morgan fingerprint density at radius 3 is 2.67 bits per heavy atom. The molecule has 110 valence electrons. The topological polar surface area (TPSA) is 109 Å². The predicted octanol–water partition coefficient (Wildman–Crippen LogP) is 1.42. The van der Waals surface area contributed by atoms with Gasteiger partial charge in [-0.1, -0.05) is 0 Å². The smallest absolute Gasteiger partial charge is 0.335 e. The van der Waals surface area contributed by atoms with Crippen LogP contribution >= 0.6 is 15.9 Å². The first kappa shape index (κ1) is 15.5. The summed E-state index contributed by atoms with van der Waals surface area (Å²) in [6, 6.07) is 5.29. The Balaban J connectivity index is 2.22. The molecule has 2 aromatic rings. The fourth-order valence-electron chi connectivity index (χ4n) is 1.52. The molecule has 0 atom stereocenters. The van der Waals surface area contributed by atoms with E-state index in [0.29, 0.717) is 5.69 Å². The summed E-state index contributed by atoms with van der Waals surface area (Å²) in [6.45, 7) is 0.0119. The van der Waals surface area contributed by atoms with Gasteiger partial charge in [0.05, 0.1) is 22.7 Å². The van der Waals surface area contributed by atoms with Gasteiger partial charge in [0.15, 0.2) is 0 Å². The van der Waals surface area contributed by atoms with Gasteiger partial charge in [0, 0.05) is 10.7 Å². The summed E-state index contributed by atoms with van der Waals surface area (Å²) in [7, 11) is -3.78. The van der Waals surface area contributed by atoms with Crippen molar-refractivity contribution in [3.8, 4) is 0 Å². The Morgan fingerprint density at radius 2 is 2.10 bits per heavy atom. The van der Waals surface area contributed by atoms with E-state index < -0.39 is 16.0 Å². The van der Waals surface area contributed by atoms with Gasteiger partial charge in [0.25, 0.3) is 0 Å². The highest BCUT2D eigenvalue weighted by Crippen LogP contribution is 2.23. The average molecular weight is 372 g/mol. The largest absolute Gasteiger partial charge is 0.478 e. The SMILES string of the molecule is O=C(O)c1ccc(S(=O)(=O)NCc2ccncn2)c(Br)c1. The molecule has 0 saturated heterocycles. The lowest BCUT2D eigenvalue weighted by Crippen LogP contribution is -2.24. The van der Waals surface area contributed by atoms with Crippen molar-refractivity contribution in [3.05, 3.63) is 52.5 Å². The van der Waals surface area contributed by atoms with Crippen LogP contribution in [0, 0.1) is 0 Å². The number of carbonyl (C=O) groups is 1. The summed E-state index contributed by atoms with van der Waals surface area (Å²) in [5.74, 6) is -1.13. The Labute approximate surface area is 129 Å². The lowest BCUT2D eigenvalue weighted by atomic mass is 10.2. The Hall–Kier alpha value is -1.84. The van der Waals surface area contributed by atoms with Gasteiger partial charge in [-0.05, 0) is 40.2 Å². The summed E-state index contributed by atoms with van der Waals surface area (Å²) in [5, 5.41) is 8.85. The van der Waals surface area contributed by atoms with E-state index in [1.54, 1.807) is 6.07 Å². The van der Waals surface area contributed by atoms with E-state index in [1.807, 2.05) is 0 Å². The van der Waals surface area contributed by atoms with Crippen molar-refractivity contribution in [3.63, 3.8) is 0 Å². The van der Waals surface area contributed by atoms with E-state index in [1.165, 1.54) is 30.7 Å². The molecule has 0 aliphatic rings. The number of rotatable bonds is 5. The average Bonchev–Trinajstić information content (AvgIpc) is 2.46. The minimum absolute atomic E-state index is 0.00312. The highest BCUT2D eigenvalue weighted by atomic mass is 79.9. The lowest BCUT2D eigenvalue weighted by molar-refractivity contribution is 0.0696. The molecule has 0 bridgehead atoms. The minimum Gasteiger partial charge on any atom is -0.478 e. The molecule has 1 aromatic heterocycles. The number of benzene rings is 1. The van der Waals surface area contributed by atoms with E-state index in [-0.39, 0.29) is 21.5 Å². The van der Waals surface area contributed by atoms with Gasteiger partial charge in [-0.25, -0.2) is 27.9 Å². The standard InChI is InChI=1S/C12H10BrN3O4S/c13-10-5-8(12(17)18)1-2-11(10)21(19,20)16-6-9-3-4-14-7-15-9/h1-5,7,16H,6H2,(H,17,18). The molecule has 0 aliphatic carbocycles. The third-order valence-electron chi connectivity index (χ3n) is 2.55. The van der Waals surface area contributed by atoms with Crippen LogP contribution in [0.25, 0.3) is 0 Å². The number of hydrogen-bond acceptors (Lipinski definition) is 5. The molecule has 9 heteroatoms. The van der Waals surface area contributed by atoms with Crippen LogP contribution in [0.15, 0.2) is 46.2 Å². The molecule has 7 nitrogen and oxygen atoms in total. The predicted molar refractivity (Wildman–Crippen MR) is 77.2 cm³/mol. The van der Waals surface area contributed by atoms with Gasteiger partial charge in [-0.2, -0.15) is 0 Å². The van der Waals surface area contributed by atoms with Gasteiger partial charge in [0.2, 0.25) is 10.0 Å². The molecular formula is C12H10BrN3O4S. The number of sulfonamides is 1. The molecule has 0 radical (unpaired) electrons. The van der Waals surface area contributed by atoms with Crippen LogP contribution in [0.3, 0.4) is 0 Å². The molecule has 0 spiro atoms. The zero-order valence-electron chi connectivity index (χ0n) is 10.5. The van der Waals surface area contributed by atoms with Gasteiger partial charge >= 0.3 is 5.97 Å². The molecule has 0 saturated carbocycles. The molecule has 1 aromatic carbocycles. The first-order valence-electron chi connectivity index (χ1n) is 5.67. The van der Waals surface area contributed by atoms with Crippen molar-refractivity contribution in [1.82, 2.24) is 14.7 Å². The van der Waals surface area contributed by atoms with Gasteiger partial charge in [0.1, 0.15) is 6.33 Å². The van der Waals surface area contributed by atoms with Crippen molar-refractivity contribution >= 4 is 31.9 Å². The van der Waals surface area contributed by atoms with E-state index in [4.69, 9.17) is 5.11 Å². The van der Waals surface area contributed by atoms with Crippen molar-refractivity contribution in [2.24, 2.45) is 0 Å². The number of halogens is 1. The maximum Gasteiger partial charge on any atom is 0.335 e. The molecule has 21 heavy (non-hydrogen) atoms. The van der Waals surface area contributed by atoms with Crippen LogP contribution in [-0.2, 0) is 16.6 Å². The Bertz CT molecular complexity index is 765. The third kappa shape index (κ3) is 3.84. The molecule has 0 unspecified atom stereocenters. The summed E-state index contributed by atoms with van der Waals surface area (Å²) in [4.78, 5) is 18.4. The Morgan fingerprint density at radius 1 is 1.33 bits per heavy atom. The van der Waals surface area contributed by atoms with Crippen molar-refractivity contribution in [1.29, 1.82) is 0 Å². The van der Waals surface area contributed by atoms with Crippen LogP contribution in [-0.4, -0.2) is 29.5 Å². The molecular weight excluding hydrogens is 362 g/mol. The first-order valence-corrected chi connectivity index (χ1v) is 7.95. The van der Waals surface area contributed by atoms with Gasteiger partial charge in [-0.3, -0.25) is 0 Å². The summed E-state index contributed by atoms with van der Waals surface area (Å²) >= 11 is 3.07. The van der Waals surface area contributed by atoms with Gasteiger partial charge in [-0.15, -0.1) is 0 Å². The molecule has 0 fully saturated rings. The van der Waals surface area contributed by atoms with Crippen molar-refractivity contribution < 1.29 is 18.3 Å². The van der Waals surface area contributed by atoms with Crippen molar-refractivity contribution in [2.45, 2.75) is 11.4 Å². The zero-order valence-corrected chi connectivity index (χ0v) is 12.9. The second-order valence-corrected chi connectivity index (χ2v) is 6.57. The lowest BCUT2D eigenvalue weighted by Gasteiger charge is -2.08. The second-order valence-electron chi connectivity index (χ2n) is 3.98. The zero-order chi connectivity index (χ0) is 15.5. The van der Waals surface area contributed by atoms with E-state index in [9.17, 15) is 13.2 Å². The van der Waals surface area contributed by atoms with Crippen LogP contribution < -0.4 is 4.72 Å². The fraction of sp³-hybridized carbons (Fsp3) is 0.0833. The molecule has 0 aliphatic heterocycles. The number of carboxylic acids is 1. The number of nitrogens with one attached hydrogen (secondary N) is 1. The number of aromatic nitrogens is 2. The highest BCUT2D eigenvalue weighted by molar-refractivity contribution is 9.10. The third-order valence-corrected chi connectivity index (χ3v) is 4.93. The molecule has 2 N–H and O–H groups in total. The maximum atomic E-state index is 12.2. The number of nitrogens with zero attached hydrogens (tertiary/aromatic N) is 2. The van der Waals surface area contributed by atoms with Crippen molar-refractivity contribution in [2.75, 3.05) is 0 Å². The second kappa shape index (κ2) is 6.29. The van der Waals surface area contributed by atoms with E-state index >= 15 is 0 Å². The van der Waals surface area contributed by atoms with E-state index in [2.05, 4.69) is 30.6 Å². The quantitative estimate of drug-likeness (QED) is 0.822. The van der Waals surface area contributed by atoms with Crippen LogP contribution in [0.2, 0.25) is 0 Å². The van der Waals surface area contributed by atoms with Crippen LogP contribution in [0.1, 0.15) is 16.1 Å². The molecule has 1 heterocycles. The minimum atomic E-state index is -3.78. The van der Waals surface area contributed by atoms with Crippen LogP contribution in [0.5, 0.6) is 0 Å². The summed E-state index contributed by atoms with van der Waals surface area (Å²) in [5.41, 5.74) is 0.517. The monoisotopic (exact) mass is 371 g/mol. The Kier molecular flexibility index (Phi) is 4.66. The first-order chi connectivity index (χ1) is 9.90.